The highest BCUT2D eigenvalue weighted by Crippen LogP contribution is 2.22. The molecule has 0 spiro atoms. The van der Waals surface area contributed by atoms with Crippen LogP contribution in [-0.2, 0) is 6.54 Å². The lowest BCUT2D eigenvalue weighted by Crippen LogP contribution is -2.09. The molecule has 2 aliphatic rings. The van der Waals surface area contributed by atoms with E-state index in [1.165, 1.54) is 5.56 Å². The summed E-state index contributed by atoms with van der Waals surface area (Å²) in [5.74, 6) is 1.91. The third-order valence-corrected chi connectivity index (χ3v) is 3.54. The average molecular weight is 260 g/mol. The molecule has 4 heteroatoms. The van der Waals surface area contributed by atoms with Gasteiger partial charge in [-0.3, -0.25) is 4.99 Å². The summed E-state index contributed by atoms with van der Waals surface area (Å²) in [4.78, 5) is 13.4. The van der Waals surface area contributed by atoms with E-state index in [9.17, 15) is 0 Å². The maximum absolute atomic E-state index is 5.93. The van der Waals surface area contributed by atoms with Crippen molar-refractivity contribution in [2.24, 2.45) is 20.7 Å². The number of aliphatic imine (C=N–C) groups is 3. The van der Waals surface area contributed by atoms with Gasteiger partial charge in [-0.25, -0.2) is 9.98 Å². The molecule has 0 atom stereocenters. The van der Waals surface area contributed by atoms with E-state index in [4.69, 9.17) is 5.73 Å². The van der Waals surface area contributed by atoms with Gasteiger partial charge in [0.2, 0.25) is 0 Å². The van der Waals surface area contributed by atoms with Crippen molar-refractivity contribution in [3.8, 4) is 0 Å². The van der Waals surface area contributed by atoms with Crippen LogP contribution in [0.2, 0.25) is 0 Å². The number of nitrogens with zero attached hydrogens (tertiary/aromatic N) is 3. The van der Waals surface area contributed by atoms with E-state index in [-0.39, 0.29) is 0 Å². The fourth-order valence-corrected chi connectivity index (χ4v) is 2.54. The van der Waals surface area contributed by atoms with E-state index in [1.54, 1.807) is 0 Å². The van der Waals surface area contributed by atoms with Gasteiger partial charge in [-0.1, -0.05) is 48.5 Å². The first-order chi connectivity index (χ1) is 9.83. The molecule has 2 aliphatic heterocycles. The second kappa shape index (κ2) is 4.13. The van der Waals surface area contributed by atoms with Gasteiger partial charge in [0.1, 0.15) is 5.84 Å². The Morgan fingerprint density at radius 2 is 1.60 bits per heavy atom. The Morgan fingerprint density at radius 3 is 2.45 bits per heavy atom. The fraction of sp³-hybridized carbons (Fsp3) is 0.0625. The molecule has 2 aromatic carbocycles. The van der Waals surface area contributed by atoms with Crippen LogP contribution < -0.4 is 5.73 Å². The number of amidine groups is 3. The second-order valence-corrected chi connectivity index (χ2v) is 4.78. The van der Waals surface area contributed by atoms with E-state index in [2.05, 4.69) is 21.0 Å². The number of rotatable bonds is 0. The van der Waals surface area contributed by atoms with Crippen LogP contribution in [0, 0.1) is 0 Å². The SMILES string of the molecule is NC1=NC(=NC2=NCc3ccccc32)c2ccccc21. The van der Waals surface area contributed by atoms with Crippen LogP contribution in [0.3, 0.4) is 0 Å². The van der Waals surface area contributed by atoms with Crippen LogP contribution in [0.5, 0.6) is 0 Å². The summed E-state index contributed by atoms with van der Waals surface area (Å²) in [5, 5.41) is 0. The zero-order valence-corrected chi connectivity index (χ0v) is 10.7. The number of hydrogen-bond donors (Lipinski definition) is 1. The maximum Gasteiger partial charge on any atom is 0.164 e. The summed E-state index contributed by atoms with van der Waals surface area (Å²) in [6, 6.07) is 16.0. The molecule has 0 bridgehead atoms. The third-order valence-electron chi connectivity index (χ3n) is 3.54. The van der Waals surface area contributed by atoms with Gasteiger partial charge in [0.05, 0.1) is 6.54 Å². The topological polar surface area (TPSA) is 63.1 Å². The van der Waals surface area contributed by atoms with E-state index >= 15 is 0 Å². The van der Waals surface area contributed by atoms with Crippen molar-refractivity contribution in [3.05, 3.63) is 70.8 Å². The molecule has 4 rings (SSSR count). The lowest BCUT2D eigenvalue weighted by Gasteiger charge is -2.00. The van der Waals surface area contributed by atoms with Crippen molar-refractivity contribution >= 4 is 17.5 Å². The molecule has 2 heterocycles. The molecule has 2 N–H and O–H groups in total. The molecule has 0 saturated carbocycles. The van der Waals surface area contributed by atoms with Crippen LogP contribution in [0.1, 0.15) is 22.3 Å². The summed E-state index contributed by atoms with van der Waals surface area (Å²) in [6.07, 6.45) is 0. The smallest absolute Gasteiger partial charge is 0.164 e. The van der Waals surface area contributed by atoms with E-state index in [0.717, 1.165) is 22.5 Å². The first-order valence-corrected chi connectivity index (χ1v) is 6.48. The minimum absolute atomic E-state index is 0.520. The van der Waals surface area contributed by atoms with E-state index in [0.29, 0.717) is 18.2 Å². The van der Waals surface area contributed by atoms with Crippen molar-refractivity contribution in [1.29, 1.82) is 0 Å². The molecule has 0 fully saturated rings. The largest absolute Gasteiger partial charge is 0.383 e. The maximum atomic E-state index is 5.93. The molecule has 2 aromatic rings. The van der Waals surface area contributed by atoms with Gasteiger partial charge in [0.15, 0.2) is 11.7 Å². The Hall–Kier alpha value is -2.75. The fourth-order valence-electron chi connectivity index (χ4n) is 2.54. The monoisotopic (exact) mass is 260 g/mol. The second-order valence-electron chi connectivity index (χ2n) is 4.78. The van der Waals surface area contributed by atoms with Crippen molar-refractivity contribution in [2.45, 2.75) is 6.54 Å². The van der Waals surface area contributed by atoms with Crippen LogP contribution >= 0.6 is 0 Å². The van der Waals surface area contributed by atoms with Gasteiger partial charge in [-0.05, 0) is 5.56 Å². The summed E-state index contributed by atoms with van der Waals surface area (Å²) in [6.45, 7) is 0.684. The third kappa shape index (κ3) is 1.58. The van der Waals surface area contributed by atoms with Crippen molar-refractivity contribution < 1.29 is 0 Å². The molecule has 0 aromatic heterocycles. The molecular weight excluding hydrogens is 248 g/mol. The Bertz CT molecular complexity index is 800. The van der Waals surface area contributed by atoms with Crippen LogP contribution in [0.25, 0.3) is 0 Å². The predicted molar refractivity (Wildman–Crippen MR) is 80.4 cm³/mol. The van der Waals surface area contributed by atoms with Crippen LogP contribution in [-0.4, -0.2) is 17.5 Å². The molecule has 20 heavy (non-hydrogen) atoms. The van der Waals surface area contributed by atoms with Gasteiger partial charge in [0, 0.05) is 16.7 Å². The van der Waals surface area contributed by atoms with Gasteiger partial charge in [-0.2, -0.15) is 0 Å². The van der Waals surface area contributed by atoms with Gasteiger partial charge in [0.25, 0.3) is 0 Å². The highest BCUT2D eigenvalue weighted by molar-refractivity contribution is 6.25. The minimum atomic E-state index is 0.520. The Labute approximate surface area is 116 Å². The quantitative estimate of drug-likeness (QED) is 0.774. The van der Waals surface area contributed by atoms with Crippen molar-refractivity contribution in [2.75, 3.05) is 0 Å². The van der Waals surface area contributed by atoms with Gasteiger partial charge < -0.3 is 5.73 Å². The minimum Gasteiger partial charge on any atom is -0.383 e. The molecule has 0 unspecified atom stereocenters. The number of benzene rings is 2. The first kappa shape index (κ1) is 11.1. The van der Waals surface area contributed by atoms with Crippen LogP contribution in [0.4, 0.5) is 0 Å². The summed E-state index contributed by atoms with van der Waals surface area (Å²) in [5.41, 5.74) is 10.1. The van der Waals surface area contributed by atoms with Crippen LogP contribution in [0.15, 0.2) is 63.5 Å². The van der Waals surface area contributed by atoms with Gasteiger partial charge in [-0.15, -0.1) is 0 Å². The normalized spacial score (nSPS) is 17.7. The first-order valence-electron chi connectivity index (χ1n) is 6.48. The van der Waals surface area contributed by atoms with E-state index < -0.39 is 0 Å². The van der Waals surface area contributed by atoms with Gasteiger partial charge >= 0.3 is 0 Å². The highest BCUT2D eigenvalue weighted by atomic mass is 15.0. The molecule has 4 nitrogen and oxygen atoms in total. The molecular formula is C16H12N4. The number of nitrogens with two attached hydrogens (primary N) is 1. The van der Waals surface area contributed by atoms with Crippen molar-refractivity contribution in [3.63, 3.8) is 0 Å². The zero-order valence-electron chi connectivity index (χ0n) is 10.7. The molecule has 96 valence electrons. The van der Waals surface area contributed by atoms with Crippen molar-refractivity contribution in [1.82, 2.24) is 0 Å². The highest BCUT2D eigenvalue weighted by Gasteiger charge is 2.21. The predicted octanol–water partition coefficient (Wildman–Crippen LogP) is 2.11. The van der Waals surface area contributed by atoms with E-state index in [1.807, 2.05) is 42.5 Å². The molecule has 0 aliphatic carbocycles. The molecule has 0 radical (unpaired) electrons. The Morgan fingerprint density at radius 1 is 0.900 bits per heavy atom. The Balaban J connectivity index is 1.81. The summed E-state index contributed by atoms with van der Waals surface area (Å²) in [7, 11) is 0. The number of fused-ring (bicyclic) bond motifs is 2. The standard InChI is InChI=1S/C16H12N4/c17-14-12-7-3-4-8-13(12)16(19-14)20-15-11-6-2-1-5-10(11)9-18-15/h1-8H,9H2,(H2,17,18,19,20). The lowest BCUT2D eigenvalue weighted by molar-refractivity contribution is 1.11. The lowest BCUT2D eigenvalue weighted by atomic mass is 10.1. The average Bonchev–Trinajstić information content (AvgIpc) is 3.03. The Kier molecular flexibility index (Phi) is 2.29. The summed E-state index contributed by atoms with van der Waals surface area (Å²) >= 11 is 0. The zero-order chi connectivity index (χ0) is 13.5. The molecule has 0 saturated heterocycles. The summed E-state index contributed by atoms with van der Waals surface area (Å²) < 4.78 is 0. The number of hydrogen-bond acceptors (Lipinski definition) is 3. The molecule has 0 amide bonds.